The Balaban J connectivity index is 2.88. The van der Waals surface area contributed by atoms with Crippen LogP contribution in [0.1, 0.15) is 11.8 Å². The molecule has 7 nitrogen and oxygen atoms in total. The predicted octanol–water partition coefficient (Wildman–Crippen LogP) is 2.20. The Hall–Kier alpha value is -2.27. The van der Waals surface area contributed by atoms with E-state index in [4.69, 9.17) is 5.53 Å². The van der Waals surface area contributed by atoms with Crippen molar-refractivity contribution in [2.45, 2.75) is 6.23 Å². The molecular formula is C7H6N4O3. The second-order valence-electron chi connectivity index (χ2n) is 2.32. The molecule has 0 heterocycles. The van der Waals surface area contributed by atoms with Gasteiger partial charge in [-0.1, -0.05) is 18.2 Å². The van der Waals surface area contributed by atoms with E-state index in [0.29, 0.717) is 5.56 Å². The number of hydrogen-bond acceptors (Lipinski definition) is 4. The predicted molar refractivity (Wildman–Crippen MR) is 46.4 cm³/mol. The zero-order valence-corrected chi connectivity index (χ0v) is 6.98. The summed E-state index contributed by atoms with van der Waals surface area (Å²) < 4.78 is 0. The molecule has 72 valence electrons. The lowest BCUT2D eigenvalue weighted by Crippen LogP contribution is -2.11. The summed E-state index contributed by atoms with van der Waals surface area (Å²) in [6.45, 7) is 0. The maximum Gasteiger partial charge on any atom is 0.386 e. The van der Waals surface area contributed by atoms with Gasteiger partial charge in [0.25, 0.3) is 0 Å². The van der Waals surface area contributed by atoms with E-state index >= 15 is 0 Å². The van der Waals surface area contributed by atoms with Gasteiger partial charge in [-0.05, 0) is 17.7 Å². The minimum atomic E-state index is -1.45. The van der Waals surface area contributed by atoms with Gasteiger partial charge in [0.1, 0.15) is 5.28 Å². The van der Waals surface area contributed by atoms with E-state index in [1.165, 1.54) is 12.1 Å². The van der Waals surface area contributed by atoms with Crippen LogP contribution in [-0.4, -0.2) is 4.92 Å². The molecule has 0 aliphatic heterocycles. The summed E-state index contributed by atoms with van der Waals surface area (Å²) in [4.78, 5) is 16.5. The Morgan fingerprint density at radius 1 is 1.50 bits per heavy atom. The van der Waals surface area contributed by atoms with Crippen LogP contribution in [0.3, 0.4) is 0 Å². The standard InChI is InChI=1S/C7H6N4O3/c8-9-10-14-7(11(12)13)6-4-2-1-3-5-6/h1-5,7H. The molecule has 0 spiro atoms. The third kappa shape index (κ3) is 2.36. The van der Waals surface area contributed by atoms with Crippen molar-refractivity contribution in [2.75, 3.05) is 0 Å². The summed E-state index contributed by atoms with van der Waals surface area (Å²) >= 11 is 0. The summed E-state index contributed by atoms with van der Waals surface area (Å²) in [5, 5.41) is 13.2. The van der Waals surface area contributed by atoms with Crippen molar-refractivity contribution in [1.29, 1.82) is 0 Å². The van der Waals surface area contributed by atoms with Gasteiger partial charge in [0, 0.05) is 4.91 Å². The first-order chi connectivity index (χ1) is 6.75. The van der Waals surface area contributed by atoms with E-state index in [2.05, 4.69) is 15.0 Å². The van der Waals surface area contributed by atoms with Crippen molar-refractivity contribution in [2.24, 2.45) is 5.28 Å². The summed E-state index contributed by atoms with van der Waals surface area (Å²) in [5.74, 6) is 0. The smallest absolute Gasteiger partial charge is 0.360 e. The molecule has 1 atom stereocenters. The molecule has 0 aliphatic rings. The van der Waals surface area contributed by atoms with Crippen LogP contribution in [0.4, 0.5) is 0 Å². The fourth-order valence-corrected chi connectivity index (χ4v) is 0.904. The van der Waals surface area contributed by atoms with Gasteiger partial charge in [-0.15, -0.1) is 0 Å². The Labute approximate surface area is 78.7 Å². The average Bonchev–Trinajstić information content (AvgIpc) is 2.19. The Kier molecular flexibility index (Phi) is 3.28. The van der Waals surface area contributed by atoms with Gasteiger partial charge in [-0.3, -0.25) is 10.1 Å². The Morgan fingerprint density at radius 3 is 2.64 bits per heavy atom. The third-order valence-corrected chi connectivity index (χ3v) is 1.46. The molecule has 1 aromatic carbocycles. The maximum absolute atomic E-state index is 10.5. The molecule has 0 aromatic heterocycles. The van der Waals surface area contributed by atoms with Crippen LogP contribution in [-0.2, 0) is 4.84 Å². The lowest BCUT2D eigenvalue weighted by molar-refractivity contribution is -0.585. The van der Waals surface area contributed by atoms with Crippen molar-refractivity contribution in [1.82, 2.24) is 0 Å². The van der Waals surface area contributed by atoms with Crippen LogP contribution >= 0.6 is 0 Å². The van der Waals surface area contributed by atoms with Crippen molar-refractivity contribution < 1.29 is 9.76 Å². The van der Waals surface area contributed by atoms with Crippen molar-refractivity contribution >= 4 is 0 Å². The van der Waals surface area contributed by atoms with Crippen LogP contribution in [0.2, 0.25) is 0 Å². The van der Waals surface area contributed by atoms with Gasteiger partial charge < -0.3 is 4.84 Å². The normalized spacial score (nSPS) is 11.1. The van der Waals surface area contributed by atoms with Gasteiger partial charge in [-0.25, -0.2) is 0 Å². The molecule has 1 rings (SSSR count). The van der Waals surface area contributed by atoms with Crippen LogP contribution < -0.4 is 0 Å². The summed E-state index contributed by atoms with van der Waals surface area (Å²) in [7, 11) is 0. The molecule has 1 aromatic rings. The number of rotatable bonds is 4. The lowest BCUT2D eigenvalue weighted by atomic mass is 10.2. The van der Waals surface area contributed by atoms with Crippen molar-refractivity contribution in [3.05, 3.63) is 56.5 Å². The zero-order chi connectivity index (χ0) is 10.4. The van der Waals surface area contributed by atoms with E-state index < -0.39 is 11.2 Å². The van der Waals surface area contributed by atoms with Gasteiger partial charge in [0.2, 0.25) is 0 Å². The molecular weight excluding hydrogens is 188 g/mol. The number of hydrogen-bond donors (Lipinski definition) is 0. The topological polar surface area (TPSA) is 101 Å². The van der Waals surface area contributed by atoms with Crippen LogP contribution in [0, 0.1) is 10.1 Å². The van der Waals surface area contributed by atoms with Crippen LogP contribution in [0.15, 0.2) is 35.6 Å². The molecule has 0 saturated carbocycles. The highest BCUT2D eigenvalue weighted by Gasteiger charge is 2.22. The van der Waals surface area contributed by atoms with E-state index in [0.717, 1.165) is 0 Å². The molecule has 0 radical (unpaired) electrons. The Morgan fingerprint density at radius 2 is 2.14 bits per heavy atom. The maximum atomic E-state index is 10.5. The van der Waals surface area contributed by atoms with E-state index in [1.54, 1.807) is 18.2 Å². The van der Waals surface area contributed by atoms with Gasteiger partial charge >= 0.3 is 6.23 Å². The first-order valence-electron chi connectivity index (χ1n) is 3.64. The monoisotopic (exact) mass is 194 g/mol. The number of nitrogens with zero attached hydrogens (tertiary/aromatic N) is 4. The fraction of sp³-hybridized carbons (Fsp3) is 0.143. The molecule has 0 bridgehead atoms. The molecule has 0 fully saturated rings. The van der Waals surface area contributed by atoms with E-state index in [-0.39, 0.29) is 0 Å². The molecule has 14 heavy (non-hydrogen) atoms. The summed E-state index contributed by atoms with van der Waals surface area (Å²) in [6.07, 6.45) is -1.45. The second-order valence-corrected chi connectivity index (χ2v) is 2.32. The molecule has 0 aliphatic carbocycles. The molecule has 0 amide bonds. The third-order valence-electron chi connectivity index (χ3n) is 1.46. The number of benzene rings is 1. The van der Waals surface area contributed by atoms with Crippen LogP contribution in [0.25, 0.3) is 10.4 Å². The first kappa shape index (κ1) is 9.82. The lowest BCUT2D eigenvalue weighted by Gasteiger charge is -2.05. The average molecular weight is 194 g/mol. The largest absolute Gasteiger partial charge is 0.386 e. The number of nitro groups is 1. The molecule has 0 saturated heterocycles. The summed E-state index contributed by atoms with van der Waals surface area (Å²) in [6, 6.07) is 8.01. The summed E-state index contributed by atoms with van der Waals surface area (Å²) in [5.41, 5.74) is 8.28. The van der Waals surface area contributed by atoms with Gasteiger partial charge in [0.05, 0.1) is 10.5 Å². The first-order valence-corrected chi connectivity index (χ1v) is 3.64. The zero-order valence-electron chi connectivity index (χ0n) is 6.98. The van der Waals surface area contributed by atoms with Crippen molar-refractivity contribution in [3.8, 4) is 0 Å². The van der Waals surface area contributed by atoms with Gasteiger partial charge in [0.15, 0.2) is 0 Å². The van der Waals surface area contributed by atoms with E-state index in [1.807, 2.05) is 0 Å². The molecule has 7 heteroatoms. The highest BCUT2D eigenvalue weighted by molar-refractivity contribution is 5.15. The SMILES string of the molecule is [N-]=[N+]=NOC(c1ccccc1)[N+](=O)[O-]. The minimum absolute atomic E-state index is 0.324. The van der Waals surface area contributed by atoms with Crippen LogP contribution in [0.5, 0.6) is 0 Å². The molecule has 0 N–H and O–H groups in total. The highest BCUT2D eigenvalue weighted by Crippen LogP contribution is 2.17. The minimum Gasteiger partial charge on any atom is -0.360 e. The van der Waals surface area contributed by atoms with Gasteiger partial charge in [-0.2, -0.15) is 0 Å². The number of azide groups is 1. The Bertz CT molecular complexity index is 360. The van der Waals surface area contributed by atoms with Crippen molar-refractivity contribution in [3.63, 3.8) is 0 Å². The van der Waals surface area contributed by atoms with E-state index in [9.17, 15) is 10.1 Å². The quantitative estimate of drug-likeness (QED) is 0.183. The molecule has 1 unspecified atom stereocenters. The fourth-order valence-electron chi connectivity index (χ4n) is 0.904. The highest BCUT2D eigenvalue weighted by atomic mass is 16.7. The second kappa shape index (κ2) is 4.68.